The fraction of sp³-hybridized carbons (Fsp3) is 0.333. The minimum atomic E-state index is 0.163. The van der Waals surface area contributed by atoms with Gasteiger partial charge in [0.05, 0.1) is 36.4 Å². The number of nitrogens with zero attached hydrogens (tertiary/aromatic N) is 2. The molecule has 0 radical (unpaired) electrons. The van der Waals surface area contributed by atoms with E-state index in [4.69, 9.17) is 4.98 Å². The van der Waals surface area contributed by atoms with E-state index in [1.54, 1.807) is 11.3 Å². The van der Waals surface area contributed by atoms with Gasteiger partial charge in [0.25, 0.3) is 5.91 Å². The first-order chi connectivity index (χ1) is 12.6. The van der Waals surface area contributed by atoms with Gasteiger partial charge in [-0.25, -0.2) is 4.98 Å². The second-order valence-corrected chi connectivity index (χ2v) is 8.29. The molecule has 26 heavy (non-hydrogen) atoms. The van der Waals surface area contributed by atoms with Crippen LogP contribution < -0.4 is 4.90 Å². The molecule has 134 valence electrons. The molecule has 1 aliphatic heterocycles. The zero-order valence-corrected chi connectivity index (χ0v) is 16.1. The van der Waals surface area contributed by atoms with E-state index in [1.165, 1.54) is 14.6 Å². The summed E-state index contributed by atoms with van der Waals surface area (Å²) in [6.45, 7) is 8.62. The molecule has 4 nitrogen and oxygen atoms in total. The van der Waals surface area contributed by atoms with Gasteiger partial charge in [0.15, 0.2) is 0 Å². The number of nitrogens with one attached hydrogen (secondary N) is 1. The Bertz CT molecular complexity index is 888. The smallest absolute Gasteiger partial charge is 0.254 e. The Hall–Kier alpha value is -2.24. The first-order valence-electron chi connectivity index (χ1n) is 9.14. The van der Waals surface area contributed by atoms with Gasteiger partial charge in [-0.15, -0.1) is 11.3 Å². The number of aromatic nitrogens is 1. The van der Waals surface area contributed by atoms with Crippen molar-refractivity contribution < 1.29 is 9.69 Å². The van der Waals surface area contributed by atoms with E-state index < -0.39 is 0 Å². The third-order valence-corrected chi connectivity index (χ3v) is 6.00. The van der Waals surface area contributed by atoms with Crippen LogP contribution in [-0.4, -0.2) is 42.0 Å². The lowest BCUT2D eigenvalue weighted by Gasteiger charge is -2.32. The maximum atomic E-state index is 12.8. The largest absolute Gasteiger partial charge is 0.327 e. The van der Waals surface area contributed by atoms with Gasteiger partial charge in [-0.1, -0.05) is 29.3 Å². The number of carbonyl (C=O) groups excluding carboxylic acids is 1. The Morgan fingerprint density at radius 1 is 1.12 bits per heavy atom. The first kappa shape index (κ1) is 17.2. The first-order valence-corrected chi connectivity index (χ1v) is 9.96. The molecule has 0 unspecified atom stereocenters. The molecule has 1 saturated heterocycles. The van der Waals surface area contributed by atoms with Gasteiger partial charge in [-0.05, 0) is 38.1 Å². The van der Waals surface area contributed by atoms with Gasteiger partial charge in [0, 0.05) is 5.56 Å². The molecule has 1 fully saturated rings. The van der Waals surface area contributed by atoms with E-state index in [1.807, 2.05) is 36.9 Å². The second-order valence-electron chi connectivity index (χ2n) is 7.17. The molecule has 1 N–H and O–H groups in total. The lowest BCUT2D eigenvalue weighted by molar-refractivity contribution is -0.917. The molecule has 3 aromatic rings. The molecular weight excluding hydrogens is 342 g/mol. The number of fused-ring (bicyclic) bond motifs is 1. The summed E-state index contributed by atoms with van der Waals surface area (Å²) in [6.07, 6.45) is 0. The van der Waals surface area contributed by atoms with E-state index in [0.717, 1.165) is 54.9 Å². The number of rotatable bonds is 3. The van der Waals surface area contributed by atoms with Gasteiger partial charge < -0.3 is 9.80 Å². The van der Waals surface area contributed by atoms with E-state index in [0.29, 0.717) is 0 Å². The number of carbonyl (C=O) groups is 1. The van der Waals surface area contributed by atoms with Gasteiger partial charge in [-0.2, -0.15) is 0 Å². The average molecular weight is 367 g/mol. The van der Waals surface area contributed by atoms with Crippen molar-refractivity contribution in [3.05, 3.63) is 64.2 Å². The molecule has 1 amide bonds. The number of hydrogen-bond acceptors (Lipinski definition) is 3. The summed E-state index contributed by atoms with van der Waals surface area (Å²) >= 11 is 1.79. The minimum Gasteiger partial charge on any atom is -0.327 e. The highest BCUT2D eigenvalue weighted by Gasteiger charge is 2.25. The molecule has 5 heteroatoms. The number of quaternary nitrogens is 1. The Morgan fingerprint density at radius 3 is 2.50 bits per heavy atom. The van der Waals surface area contributed by atoms with Crippen molar-refractivity contribution in [3.63, 3.8) is 0 Å². The third kappa shape index (κ3) is 3.64. The van der Waals surface area contributed by atoms with E-state index in [9.17, 15) is 4.79 Å². The van der Waals surface area contributed by atoms with E-state index in [-0.39, 0.29) is 5.91 Å². The fourth-order valence-electron chi connectivity index (χ4n) is 3.69. The molecule has 0 bridgehead atoms. The van der Waals surface area contributed by atoms with Crippen LogP contribution in [0.15, 0.2) is 42.5 Å². The van der Waals surface area contributed by atoms with Crippen molar-refractivity contribution in [2.24, 2.45) is 0 Å². The number of para-hydroxylation sites is 1. The van der Waals surface area contributed by atoms with Crippen molar-refractivity contribution in [3.8, 4) is 0 Å². The average Bonchev–Trinajstić information content (AvgIpc) is 3.03. The number of aryl methyl sites for hydroxylation is 2. The number of hydrogen-bond donors (Lipinski definition) is 1. The van der Waals surface area contributed by atoms with Crippen molar-refractivity contribution in [2.45, 2.75) is 20.4 Å². The van der Waals surface area contributed by atoms with Crippen LogP contribution in [0.2, 0.25) is 0 Å². The quantitative estimate of drug-likeness (QED) is 0.773. The molecule has 2 heterocycles. The van der Waals surface area contributed by atoms with Crippen molar-refractivity contribution in [1.29, 1.82) is 0 Å². The van der Waals surface area contributed by atoms with Crippen molar-refractivity contribution in [1.82, 2.24) is 9.88 Å². The van der Waals surface area contributed by atoms with Crippen LogP contribution >= 0.6 is 11.3 Å². The summed E-state index contributed by atoms with van der Waals surface area (Å²) < 4.78 is 1.26. The molecule has 0 spiro atoms. The summed E-state index contributed by atoms with van der Waals surface area (Å²) in [5.41, 5.74) is 4.20. The van der Waals surface area contributed by atoms with Gasteiger partial charge >= 0.3 is 0 Å². The number of piperazine rings is 1. The molecule has 1 aliphatic rings. The summed E-state index contributed by atoms with van der Waals surface area (Å²) in [4.78, 5) is 21.0. The van der Waals surface area contributed by atoms with Crippen LogP contribution in [-0.2, 0) is 6.54 Å². The third-order valence-electron chi connectivity index (χ3n) is 4.97. The molecule has 0 atom stereocenters. The Morgan fingerprint density at radius 2 is 1.81 bits per heavy atom. The molecule has 4 rings (SSSR count). The van der Waals surface area contributed by atoms with Crippen LogP contribution in [0.1, 0.15) is 26.5 Å². The zero-order valence-electron chi connectivity index (χ0n) is 15.3. The zero-order chi connectivity index (χ0) is 18.1. The highest BCUT2D eigenvalue weighted by molar-refractivity contribution is 7.18. The number of amides is 1. The van der Waals surface area contributed by atoms with Crippen LogP contribution in [0.3, 0.4) is 0 Å². The molecule has 1 aromatic heterocycles. The predicted molar refractivity (Wildman–Crippen MR) is 106 cm³/mol. The van der Waals surface area contributed by atoms with Gasteiger partial charge in [0.2, 0.25) is 0 Å². The topological polar surface area (TPSA) is 37.6 Å². The number of benzene rings is 2. The molecule has 0 saturated carbocycles. The predicted octanol–water partition coefficient (Wildman–Crippen LogP) is 2.45. The van der Waals surface area contributed by atoms with Crippen LogP contribution in [0.5, 0.6) is 0 Å². The maximum absolute atomic E-state index is 12.8. The molecular formula is C21H24N3OS+. The standard InChI is InChI=1S/C21H23N3OS/c1-15-11-16(2)13-17(12-15)21(25)24-9-7-23(8-10-24)14-20-22-18-5-3-4-6-19(18)26-20/h3-6,11-13H,7-10,14H2,1-2H3/p+1. The summed E-state index contributed by atoms with van der Waals surface area (Å²) in [5.74, 6) is 0.163. The minimum absolute atomic E-state index is 0.163. The monoisotopic (exact) mass is 366 g/mol. The summed E-state index contributed by atoms with van der Waals surface area (Å²) in [6, 6.07) is 14.4. The van der Waals surface area contributed by atoms with Crippen LogP contribution in [0, 0.1) is 13.8 Å². The summed E-state index contributed by atoms with van der Waals surface area (Å²) in [7, 11) is 0. The Labute approximate surface area is 158 Å². The van der Waals surface area contributed by atoms with E-state index >= 15 is 0 Å². The van der Waals surface area contributed by atoms with Gasteiger partial charge in [-0.3, -0.25) is 4.79 Å². The molecule has 0 aliphatic carbocycles. The van der Waals surface area contributed by atoms with E-state index in [2.05, 4.69) is 24.3 Å². The SMILES string of the molecule is Cc1cc(C)cc(C(=O)N2CC[NH+](Cc3nc4ccccc4s3)CC2)c1. The van der Waals surface area contributed by atoms with Gasteiger partial charge in [0.1, 0.15) is 11.6 Å². The lowest BCUT2D eigenvalue weighted by atomic mass is 10.1. The second kappa shape index (κ2) is 7.17. The Kier molecular flexibility index (Phi) is 4.74. The Balaban J connectivity index is 1.38. The normalized spacial score (nSPS) is 15.5. The highest BCUT2D eigenvalue weighted by atomic mass is 32.1. The maximum Gasteiger partial charge on any atom is 0.254 e. The fourth-order valence-corrected chi connectivity index (χ4v) is 4.73. The number of thiazole rings is 1. The molecule has 2 aromatic carbocycles. The van der Waals surface area contributed by atoms with Crippen LogP contribution in [0.25, 0.3) is 10.2 Å². The van der Waals surface area contributed by atoms with Crippen molar-refractivity contribution in [2.75, 3.05) is 26.2 Å². The van der Waals surface area contributed by atoms with Crippen LogP contribution in [0.4, 0.5) is 0 Å². The van der Waals surface area contributed by atoms with Crippen molar-refractivity contribution >= 4 is 27.5 Å². The lowest BCUT2D eigenvalue weighted by Crippen LogP contribution is -3.13. The highest BCUT2D eigenvalue weighted by Crippen LogP contribution is 2.20. The summed E-state index contributed by atoms with van der Waals surface area (Å²) in [5, 5.41) is 1.19.